The molecule has 0 aliphatic heterocycles. The number of hydrazine groups is 1. The van der Waals surface area contributed by atoms with Crippen molar-refractivity contribution in [3.63, 3.8) is 0 Å². The molecule has 0 amide bonds. The molecule has 1 heterocycles. The average molecular weight is 207 g/mol. The number of pyridine rings is 1. The molecule has 0 aliphatic carbocycles. The van der Waals surface area contributed by atoms with Crippen molar-refractivity contribution in [1.29, 1.82) is 0 Å². The normalized spacial score (nSPS) is 11.3. The monoisotopic (exact) mass is 207 g/mol. The van der Waals surface area contributed by atoms with Gasteiger partial charge in [-0.2, -0.15) is 0 Å². The second-order valence-electron chi connectivity index (χ2n) is 3.16. The SMILES string of the molecule is CCN=C(NN)N(C)Cc1cccnc1. The van der Waals surface area contributed by atoms with Gasteiger partial charge >= 0.3 is 0 Å². The predicted octanol–water partition coefficient (Wildman–Crippen LogP) is 0.353. The summed E-state index contributed by atoms with van der Waals surface area (Å²) >= 11 is 0. The Morgan fingerprint density at radius 3 is 3.00 bits per heavy atom. The quantitative estimate of drug-likeness (QED) is 0.325. The van der Waals surface area contributed by atoms with Crippen molar-refractivity contribution in [2.75, 3.05) is 13.6 Å². The zero-order chi connectivity index (χ0) is 11.1. The van der Waals surface area contributed by atoms with Crippen LogP contribution in [0.4, 0.5) is 0 Å². The van der Waals surface area contributed by atoms with Crippen molar-refractivity contribution >= 4 is 5.96 Å². The van der Waals surface area contributed by atoms with Gasteiger partial charge in [0.15, 0.2) is 0 Å². The largest absolute Gasteiger partial charge is 0.341 e. The van der Waals surface area contributed by atoms with Gasteiger partial charge < -0.3 is 4.90 Å². The maximum atomic E-state index is 5.38. The van der Waals surface area contributed by atoms with Gasteiger partial charge in [-0.25, -0.2) is 5.84 Å². The molecule has 0 fully saturated rings. The molecule has 0 aromatic carbocycles. The van der Waals surface area contributed by atoms with E-state index in [1.165, 1.54) is 0 Å². The molecule has 0 spiro atoms. The highest BCUT2D eigenvalue weighted by Crippen LogP contribution is 2.00. The second-order valence-corrected chi connectivity index (χ2v) is 3.16. The fourth-order valence-electron chi connectivity index (χ4n) is 1.27. The highest BCUT2D eigenvalue weighted by atomic mass is 15.4. The molecular formula is C10H17N5. The van der Waals surface area contributed by atoms with Crippen LogP contribution >= 0.6 is 0 Å². The molecule has 0 radical (unpaired) electrons. The average Bonchev–Trinajstić information content (AvgIpc) is 2.27. The van der Waals surface area contributed by atoms with Crippen LogP contribution in [0.25, 0.3) is 0 Å². The van der Waals surface area contributed by atoms with Crippen LogP contribution in [0.2, 0.25) is 0 Å². The molecule has 82 valence electrons. The van der Waals surface area contributed by atoms with Crippen molar-refractivity contribution in [1.82, 2.24) is 15.3 Å². The summed E-state index contributed by atoms with van der Waals surface area (Å²) in [6.45, 7) is 3.41. The molecule has 3 N–H and O–H groups in total. The van der Waals surface area contributed by atoms with Crippen LogP contribution in [-0.4, -0.2) is 29.4 Å². The lowest BCUT2D eigenvalue weighted by molar-refractivity contribution is 0.477. The van der Waals surface area contributed by atoms with Gasteiger partial charge in [0, 0.05) is 32.5 Å². The van der Waals surface area contributed by atoms with Crippen LogP contribution < -0.4 is 11.3 Å². The van der Waals surface area contributed by atoms with Crippen LogP contribution in [0.5, 0.6) is 0 Å². The molecule has 0 unspecified atom stereocenters. The van der Waals surface area contributed by atoms with Crippen molar-refractivity contribution in [2.24, 2.45) is 10.8 Å². The Morgan fingerprint density at radius 2 is 2.47 bits per heavy atom. The first-order valence-corrected chi connectivity index (χ1v) is 4.89. The summed E-state index contributed by atoms with van der Waals surface area (Å²) in [5, 5.41) is 0. The summed E-state index contributed by atoms with van der Waals surface area (Å²) in [6, 6.07) is 3.93. The Hall–Kier alpha value is -1.62. The number of nitrogens with zero attached hydrogens (tertiary/aromatic N) is 3. The number of rotatable bonds is 3. The van der Waals surface area contributed by atoms with E-state index in [0.29, 0.717) is 12.5 Å². The zero-order valence-corrected chi connectivity index (χ0v) is 9.14. The Labute approximate surface area is 90.0 Å². The summed E-state index contributed by atoms with van der Waals surface area (Å²) in [5.41, 5.74) is 3.70. The maximum absolute atomic E-state index is 5.38. The molecule has 1 aromatic rings. The van der Waals surface area contributed by atoms with Gasteiger partial charge in [0.1, 0.15) is 0 Å². The molecule has 15 heavy (non-hydrogen) atoms. The van der Waals surface area contributed by atoms with Crippen LogP contribution in [0, 0.1) is 0 Å². The standard InChI is InChI=1S/C10H17N5/c1-3-13-10(14-11)15(2)8-9-5-4-6-12-7-9/h4-7H,3,8,11H2,1-2H3,(H,13,14). The number of nitrogens with one attached hydrogen (secondary N) is 1. The maximum Gasteiger partial charge on any atom is 0.208 e. The van der Waals surface area contributed by atoms with Gasteiger partial charge in [0.25, 0.3) is 0 Å². The minimum absolute atomic E-state index is 0.682. The first-order chi connectivity index (χ1) is 7.27. The summed E-state index contributed by atoms with van der Waals surface area (Å²) in [5.74, 6) is 6.06. The molecule has 0 bridgehead atoms. The van der Waals surface area contributed by atoms with E-state index in [-0.39, 0.29) is 0 Å². The molecule has 1 aromatic heterocycles. The van der Waals surface area contributed by atoms with Crippen molar-refractivity contribution in [2.45, 2.75) is 13.5 Å². The van der Waals surface area contributed by atoms with Gasteiger partial charge in [0.2, 0.25) is 5.96 Å². The number of hydrogen-bond donors (Lipinski definition) is 2. The fourth-order valence-corrected chi connectivity index (χ4v) is 1.27. The van der Waals surface area contributed by atoms with E-state index in [0.717, 1.165) is 12.1 Å². The third-order valence-electron chi connectivity index (χ3n) is 1.94. The Balaban J connectivity index is 2.62. The van der Waals surface area contributed by atoms with Crippen molar-refractivity contribution < 1.29 is 0 Å². The van der Waals surface area contributed by atoms with E-state index in [2.05, 4.69) is 15.4 Å². The molecule has 1 rings (SSSR count). The smallest absolute Gasteiger partial charge is 0.208 e. The molecular weight excluding hydrogens is 190 g/mol. The van der Waals surface area contributed by atoms with Gasteiger partial charge in [-0.3, -0.25) is 15.4 Å². The second kappa shape index (κ2) is 5.98. The summed E-state index contributed by atoms with van der Waals surface area (Å²) in [7, 11) is 1.93. The van der Waals surface area contributed by atoms with E-state index in [1.807, 2.05) is 37.2 Å². The number of nitrogens with two attached hydrogens (primary N) is 1. The van der Waals surface area contributed by atoms with E-state index in [1.54, 1.807) is 6.20 Å². The Bertz CT molecular complexity index is 309. The van der Waals surface area contributed by atoms with E-state index < -0.39 is 0 Å². The topological polar surface area (TPSA) is 66.5 Å². The summed E-state index contributed by atoms with van der Waals surface area (Å²) in [6.07, 6.45) is 3.59. The fraction of sp³-hybridized carbons (Fsp3) is 0.400. The zero-order valence-electron chi connectivity index (χ0n) is 9.14. The minimum Gasteiger partial charge on any atom is -0.341 e. The van der Waals surface area contributed by atoms with E-state index in [9.17, 15) is 0 Å². The van der Waals surface area contributed by atoms with Gasteiger partial charge in [0.05, 0.1) is 0 Å². The van der Waals surface area contributed by atoms with Gasteiger partial charge in [-0.15, -0.1) is 0 Å². The van der Waals surface area contributed by atoms with E-state index in [4.69, 9.17) is 5.84 Å². The highest BCUT2D eigenvalue weighted by Gasteiger charge is 2.04. The van der Waals surface area contributed by atoms with Crippen LogP contribution in [0.15, 0.2) is 29.5 Å². The van der Waals surface area contributed by atoms with Crippen molar-refractivity contribution in [3.05, 3.63) is 30.1 Å². The molecule has 0 saturated carbocycles. The number of aromatic nitrogens is 1. The molecule has 0 atom stereocenters. The van der Waals surface area contributed by atoms with E-state index >= 15 is 0 Å². The summed E-state index contributed by atoms with van der Waals surface area (Å²) < 4.78 is 0. The lowest BCUT2D eigenvalue weighted by Gasteiger charge is -2.20. The minimum atomic E-state index is 0.682. The molecule has 5 nitrogen and oxygen atoms in total. The highest BCUT2D eigenvalue weighted by molar-refractivity contribution is 5.79. The lowest BCUT2D eigenvalue weighted by Crippen LogP contribution is -2.42. The van der Waals surface area contributed by atoms with Crippen LogP contribution in [0.1, 0.15) is 12.5 Å². The number of aliphatic imine (C=N–C) groups is 1. The van der Waals surface area contributed by atoms with Crippen molar-refractivity contribution in [3.8, 4) is 0 Å². The Kier molecular flexibility index (Phi) is 4.56. The van der Waals surface area contributed by atoms with Crippen LogP contribution in [-0.2, 0) is 6.54 Å². The molecule has 0 aliphatic rings. The third-order valence-corrected chi connectivity index (χ3v) is 1.94. The van der Waals surface area contributed by atoms with Gasteiger partial charge in [-0.1, -0.05) is 6.07 Å². The number of hydrogen-bond acceptors (Lipinski definition) is 3. The summed E-state index contributed by atoms with van der Waals surface area (Å²) in [4.78, 5) is 10.2. The molecule has 5 heteroatoms. The van der Waals surface area contributed by atoms with Gasteiger partial charge in [-0.05, 0) is 18.6 Å². The predicted molar refractivity (Wildman–Crippen MR) is 61.0 cm³/mol. The first-order valence-electron chi connectivity index (χ1n) is 4.89. The molecule has 0 saturated heterocycles. The lowest BCUT2D eigenvalue weighted by atomic mass is 10.3. The van der Waals surface area contributed by atoms with Crippen LogP contribution in [0.3, 0.4) is 0 Å². The Morgan fingerprint density at radius 1 is 1.67 bits per heavy atom. The first kappa shape index (κ1) is 11.5. The third kappa shape index (κ3) is 3.55. The number of guanidine groups is 1.